The molecule has 9 aromatic carbocycles. The lowest BCUT2D eigenvalue weighted by Crippen LogP contribution is -2.18. The molecule has 0 N–H and O–H groups in total. The Morgan fingerprint density at radius 1 is 0.396 bits per heavy atom. The summed E-state index contributed by atoms with van der Waals surface area (Å²) in [5.74, 6) is 0. The molecule has 1 heteroatoms. The highest BCUT2D eigenvalue weighted by molar-refractivity contribution is 6.26. The van der Waals surface area contributed by atoms with Crippen molar-refractivity contribution in [2.24, 2.45) is 0 Å². The molecule has 0 amide bonds. The summed E-state index contributed by atoms with van der Waals surface area (Å²) in [6.07, 6.45) is 0. The Labute approximate surface area is 311 Å². The Bertz CT molecular complexity index is 2930. The summed E-state index contributed by atoms with van der Waals surface area (Å²) in [5.41, 5.74) is 17.0. The lowest BCUT2D eigenvalue weighted by Gasteiger charge is -2.30. The van der Waals surface area contributed by atoms with Gasteiger partial charge in [-0.25, -0.2) is 0 Å². The molecule has 0 aromatic heterocycles. The van der Waals surface area contributed by atoms with Crippen LogP contribution in [0.1, 0.15) is 61.1 Å². The monoisotopic (exact) mass is 679 g/mol. The molecule has 0 spiro atoms. The number of anilines is 3. The summed E-state index contributed by atoms with van der Waals surface area (Å²) < 4.78 is 0. The average Bonchev–Trinajstić information content (AvgIpc) is 3.53. The van der Waals surface area contributed by atoms with Gasteiger partial charge in [-0.2, -0.15) is 0 Å². The number of nitrogens with zero attached hydrogens (tertiary/aromatic N) is 1. The molecule has 0 unspecified atom stereocenters. The molecule has 0 radical (unpaired) electrons. The molecule has 0 aliphatic heterocycles. The van der Waals surface area contributed by atoms with Crippen LogP contribution in [-0.4, -0.2) is 0 Å². The number of benzene rings is 9. The van der Waals surface area contributed by atoms with E-state index in [9.17, 15) is 0 Å². The van der Waals surface area contributed by atoms with Crippen molar-refractivity contribution in [1.29, 1.82) is 0 Å². The second-order valence-corrected chi connectivity index (χ2v) is 16.7. The first-order chi connectivity index (χ1) is 25.6. The second-order valence-electron chi connectivity index (χ2n) is 16.7. The second kappa shape index (κ2) is 10.4. The molecule has 53 heavy (non-hydrogen) atoms. The van der Waals surface area contributed by atoms with Crippen molar-refractivity contribution in [3.05, 3.63) is 173 Å². The van der Waals surface area contributed by atoms with Crippen molar-refractivity contribution in [2.75, 3.05) is 4.90 Å². The largest absolute Gasteiger partial charge is 0.310 e. The first-order valence-corrected chi connectivity index (χ1v) is 19.0. The first kappa shape index (κ1) is 30.7. The fourth-order valence-electron chi connectivity index (χ4n) is 10.1. The van der Waals surface area contributed by atoms with Crippen LogP contribution in [0.25, 0.3) is 65.3 Å². The predicted molar refractivity (Wildman–Crippen MR) is 227 cm³/mol. The zero-order valence-electron chi connectivity index (χ0n) is 31.2. The smallest absolute Gasteiger partial charge is 0.0543 e. The maximum absolute atomic E-state index is 2.58. The molecule has 11 rings (SSSR count). The Hall–Kier alpha value is -5.92. The fraction of sp³-hybridized carbons (Fsp3) is 0.154. The van der Waals surface area contributed by atoms with Gasteiger partial charge in [0.05, 0.1) is 5.69 Å². The number of rotatable bonds is 3. The Balaban J connectivity index is 1.18. The van der Waals surface area contributed by atoms with E-state index in [4.69, 9.17) is 0 Å². The van der Waals surface area contributed by atoms with Crippen LogP contribution in [0.5, 0.6) is 0 Å². The predicted octanol–water partition coefficient (Wildman–Crippen LogP) is 14.4. The van der Waals surface area contributed by atoms with Crippen LogP contribution >= 0.6 is 0 Å². The molecule has 254 valence electrons. The van der Waals surface area contributed by atoms with E-state index in [1.165, 1.54) is 116 Å². The molecule has 2 aliphatic carbocycles. The quantitative estimate of drug-likeness (QED) is 0.168. The minimum Gasteiger partial charge on any atom is -0.310 e. The average molecular weight is 680 g/mol. The van der Waals surface area contributed by atoms with E-state index in [1.807, 2.05) is 0 Å². The van der Waals surface area contributed by atoms with Crippen molar-refractivity contribution in [1.82, 2.24) is 0 Å². The van der Waals surface area contributed by atoms with Crippen LogP contribution < -0.4 is 4.90 Å². The number of hydrogen-bond donors (Lipinski definition) is 0. The van der Waals surface area contributed by atoms with Crippen molar-refractivity contribution < 1.29 is 0 Å². The Morgan fingerprint density at radius 3 is 1.51 bits per heavy atom. The van der Waals surface area contributed by atoms with E-state index in [2.05, 4.69) is 186 Å². The molecule has 0 atom stereocenters. The van der Waals surface area contributed by atoms with Gasteiger partial charge in [0.1, 0.15) is 0 Å². The van der Waals surface area contributed by atoms with Gasteiger partial charge in [-0.15, -0.1) is 0 Å². The van der Waals surface area contributed by atoms with Crippen molar-refractivity contribution >= 4 is 60.2 Å². The lowest BCUT2D eigenvalue weighted by molar-refractivity contribution is 0.652. The highest BCUT2D eigenvalue weighted by Gasteiger charge is 2.43. The lowest BCUT2D eigenvalue weighted by atomic mass is 9.79. The molecule has 0 bridgehead atoms. The summed E-state index contributed by atoms with van der Waals surface area (Å²) >= 11 is 0. The molecular formula is C52H41N. The van der Waals surface area contributed by atoms with Crippen molar-refractivity contribution in [3.63, 3.8) is 0 Å². The third-order valence-electron chi connectivity index (χ3n) is 12.9. The SMILES string of the molecule is Cc1ccc(N(c2ccc(C)cc2)c2cc3c(c4ccccc24)-c2cc4c(cc2C3(C)C)-c2c(cc3ccc5cccc6ccc2c3c56)C4(C)C)cc1. The first-order valence-electron chi connectivity index (χ1n) is 19.0. The number of fused-ring (bicyclic) bond motifs is 9. The molecular weight excluding hydrogens is 639 g/mol. The summed E-state index contributed by atoms with van der Waals surface area (Å²) in [6, 6.07) is 53.3. The highest BCUT2D eigenvalue weighted by Crippen LogP contribution is 2.60. The highest BCUT2D eigenvalue weighted by atomic mass is 15.1. The van der Waals surface area contributed by atoms with Crippen molar-refractivity contribution in [2.45, 2.75) is 52.4 Å². The van der Waals surface area contributed by atoms with E-state index in [0.29, 0.717) is 0 Å². The van der Waals surface area contributed by atoms with Crippen LogP contribution in [0.15, 0.2) is 140 Å². The van der Waals surface area contributed by atoms with Gasteiger partial charge in [-0.05, 0) is 145 Å². The van der Waals surface area contributed by atoms with Crippen LogP contribution in [0.2, 0.25) is 0 Å². The standard InChI is InChI=1S/C52H41N/c1-30-14-21-35(22-15-30)53(36-23-16-31(2)17-24-36)46-29-45-49(38-13-8-7-12-37(38)46)40-27-43-41(28-42(40)52(45,5)6)50-39-25-20-33-11-9-10-32-18-19-34(48(39)47(32)33)26-44(50)51(43,3)4/h7-29H,1-6H3. The zero-order valence-corrected chi connectivity index (χ0v) is 31.2. The van der Waals surface area contributed by atoms with Gasteiger partial charge < -0.3 is 4.90 Å². The minimum absolute atomic E-state index is 0.138. The van der Waals surface area contributed by atoms with Crippen LogP contribution in [0.3, 0.4) is 0 Å². The normalized spacial score (nSPS) is 14.9. The molecule has 9 aromatic rings. The van der Waals surface area contributed by atoms with Crippen LogP contribution in [0.4, 0.5) is 17.1 Å². The molecule has 0 fully saturated rings. The Kier molecular flexibility index (Phi) is 6.00. The zero-order chi connectivity index (χ0) is 36.0. The van der Waals surface area contributed by atoms with Gasteiger partial charge in [0.25, 0.3) is 0 Å². The fourth-order valence-corrected chi connectivity index (χ4v) is 10.1. The third-order valence-corrected chi connectivity index (χ3v) is 12.9. The molecule has 0 saturated carbocycles. The molecule has 1 nitrogen and oxygen atoms in total. The van der Waals surface area contributed by atoms with Gasteiger partial charge in [0, 0.05) is 27.6 Å². The van der Waals surface area contributed by atoms with Gasteiger partial charge in [0.15, 0.2) is 0 Å². The summed E-state index contributed by atoms with van der Waals surface area (Å²) in [5, 5.41) is 10.7. The van der Waals surface area contributed by atoms with Crippen molar-refractivity contribution in [3.8, 4) is 22.3 Å². The van der Waals surface area contributed by atoms with Crippen LogP contribution in [0, 0.1) is 13.8 Å². The minimum atomic E-state index is -0.207. The van der Waals surface area contributed by atoms with Crippen LogP contribution in [-0.2, 0) is 10.8 Å². The van der Waals surface area contributed by atoms with E-state index in [-0.39, 0.29) is 10.8 Å². The maximum atomic E-state index is 2.58. The molecule has 0 saturated heterocycles. The number of hydrogen-bond acceptors (Lipinski definition) is 1. The molecule has 0 heterocycles. The van der Waals surface area contributed by atoms with Gasteiger partial charge in [-0.1, -0.05) is 130 Å². The Morgan fingerprint density at radius 2 is 0.906 bits per heavy atom. The van der Waals surface area contributed by atoms with E-state index in [1.54, 1.807) is 0 Å². The molecule has 2 aliphatic rings. The summed E-state index contributed by atoms with van der Waals surface area (Å²) in [4.78, 5) is 2.46. The van der Waals surface area contributed by atoms with E-state index in [0.717, 1.165) is 0 Å². The summed E-state index contributed by atoms with van der Waals surface area (Å²) in [7, 11) is 0. The maximum Gasteiger partial charge on any atom is 0.0543 e. The third kappa shape index (κ3) is 4.03. The van der Waals surface area contributed by atoms with Gasteiger partial charge >= 0.3 is 0 Å². The summed E-state index contributed by atoms with van der Waals surface area (Å²) in [6.45, 7) is 14.1. The van der Waals surface area contributed by atoms with Gasteiger partial charge in [-0.3, -0.25) is 0 Å². The van der Waals surface area contributed by atoms with E-state index < -0.39 is 0 Å². The topological polar surface area (TPSA) is 3.24 Å². The van der Waals surface area contributed by atoms with Gasteiger partial charge in [0.2, 0.25) is 0 Å². The number of aryl methyl sites for hydroxylation is 2. The van der Waals surface area contributed by atoms with E-state index >= 15 is 0 Å².